The lowest BCUT2D eigenvalue weighted by atomic mass is 10.1. The van der Waals surface area contributed by atoms with Crippen LogP contribution in [0.1, 0.15) is 20.7 Å². The Morgan fingerprint density at radius 3 is 2.27 bits per heavy atom. The summed E-state index contributed by atoms with van der Waals surface area (Å²) in [6.07, 6.45) is 0. The summed E-state index contributed by atoms with van der Waals surface area (Å²) in [4.78, 5) is 33.9. The fourth-order valence-corrected chi connectivity index (χ4v) is 1.86. The summed E-state index contributed by atoms with van der Waals surface area (Å²) in [6, 6.07) is 11.8. The van der Waals surface area contributed by atoms with Crippen molar-refractivity contribution < 1.29 is 14.5 Å². The van der Waals surface area contributed by atoms with Gasteiger partial charge in [-0.1, -0.05) is 29.8 Å². The third kappa shape index (κ3) is 3.58. The quantitative estimate of drug-likeness (QED) is 0.669. The molecule has 0 atom stereocenters. The van der Waals surface area contributed by atoms with Crippen LogP contribution in [-0.4, -0.2) is 16.7 Å². The summed E-state index contributed by atoms with van der Waals surface area (Å²) >= 11 is 5.67. The molecule has 0 aliphatic heterocycles. The maximum absolute atomic E-state index is 11.9. The van der Waals surface area contributed by atoms with Gasteiger partial charge in [0.05, 0.1) is 4.92 Å². The number of nitrogens with one attached hydrogen (secondary N) is 2. The Bertz CT molecular complexity index is 734. The summed E-state index contributed by atoms with van der Waals surface area (Å²) in [5.41, 5.74) is 4.00. The van der Waals surface area contributed by atoms with Crippen molar-refractivity contribution in [2.24, 2.45) is 0 Å². The van der Waals surface area contributed by atoms with Crippen LogP contribution in [-0.2, 0) is 0 Å². The zero-order valence-corrected chi connectivity index (χ0v) is 11.8. The van der Waals surface area contributed by atoms with E-state index >= 15 is 0 Å². The molecule has 22 heavy (non-hydrogen) atoms. The summed E-state index contributed by atoms with van der Waals surface area (Å²) in [5.74, 6) is -1.35. The molecule has 0 bridgehead atoms. The minimum Gasteiger partial charge on any atom is -0.267 e. The predicted molar refractivity (Wildman–Crippen MR) is 79.5 cm³/mol. The van der Waals surface area contributed by atoms with Crippen LogP contribution in [0, 0.1) is 10.1 Å². The standard InChI is InChI=1S/C14H10ClN3O4/c15-10-6-7-11(12(8-10)18(21)22)14(20)17-16-13(19)9-4-2-1-3-5-9/h1-8H,(H,16,19)(H,17,20). The summed E-state index contributed by atoms with van der Waals surface area (Å²) in [7, 11) is 0. The van der Waals surface area contributed by atoms with Crippen molar-refractivity contribution in [1.82, 2.24) is 10.9 Å². The van der Waals surface area contributed by atoms with Crippen molar-refractivity contribution in [2.75, 3.05) is 0 Å². The van der Waals surface area contributed by atoms with Gasteiger partial charge in [-0.2, -0.15) is 0 Å². The van der Waals surface area contributed by atoms with E-state index in [0.717, 1.165) is 6.07 Å². The summed E-state index contributed by atoms with van der Waals surface area (Å²) in [5, 5.41) is 11.1. The largest absolute Gasteiger partial charge is 0.283 e. The highest BCUT2D eigenvalue weighted by Gasteiger charge is 2.21. The summed E-state index contributed by atoms with van der Waals surface area (Å²) in [6.45, 7) is 0. The number of hydrogen-bond donors (Lipinski definition) is 2. The molecule has 0 saturated heterocycles. The van der Waals surface area contributed by atoms with Gasteiger partial charge in [-0.15, -0.1) is 0 Å². The molecular weight excluding hydrogens is 310 g/mol. The topological polar surface area (TPSA) is 101 Å². The fourth-order valence-electron chi connectivity index (χ4n) is 1.69. The van der Waals surface area contributed by atoms with Crippen LogP contribution in [0.3, 0.4) is 0 Å². The Morgan fingerprint density at radius 1 is 1.00 bits per heavy atom. The average molecular weight is 320 g/mol. The molecule has 2 aromatic carbocycles. The lowest BCUT2D eigenvalue weighted by Crippen LogP contribution is -2.41. The van der Waals surface area contributed by atoms with Crippen LogP contribution in [0.2, 0.25) is 5.02 Å². The zero-order valence-electron chi connectivity index (χ0n) is 11.1. The van der Waals surface area contributed by atoms with Gasteiger partial charge < -0.3 is 0 Å². The number of hydrazine groups is 1. The smallest absolute Gasteiger partial charge is 0.267 e. The van der Waals surface area contributed by atoms with Crippen molar-refractivity contribution >= 4 is 29.1 Å². The minimum absolute atomic E-state index is 0.136. The van der Waals surface area contributed by atoms with E-state index in [4.69, 9.17) is 11.6 Å². The first-order valence-electron chi connectivity index (χ1n) is 6.08. The first-order valence-corrected chi connectivity index (χ1v) is 6.46. The number of rotatable bonds is 3. The molecular formula is C14H10ClN3O4. The van der Waals surface area contributed by atoms with Gasteiger partial charge in [0.15, 0.2) is 0 Å². The number of amides is 2. The van der Waals surface area contributed by atoms with E-state index in [1.54, 1.807) is 30.3 Å². The van der Waals surface area contributed by atoms with E-state index < -0.39 is 22.4 Å². The van der Waals surface area contributed by atoms with Crippen molar-refractivity contribution in [3.8, 4) is 0 Å². The molecule has 2 rings (SSSR count). The molecule has 2 N–H and O–H groups in total. The highest BCUT2D eigenvalue weighted by molar-refractivity contribution is 6.31. The van der Waals surface area contributed by atoms with Gasteiger partial charge >= 0.3 is 0 Å². The number of benzene rings is 2. The Hall–Kier alpha value is -2.93. The lowest BCUT2D eigenvalue weighted by Gasteiger charge is -2.08. The third-order valence-electron chi connectivity index (χ3n) is 2.73. The molecule has 0 spiro atoms. The van der Waals surface area contributed by atoms with Crippen LogP contribution in [0.15, 0.2) is 48.5 Å². The van der Waals surface area contributed by atoms with Crippen LogP contribution < -0.4 is 10.9 Å². The number of halogens is 1. The van der Waals surface area contributed by atoms with Gasteiger partial charge in [0.25, 0.3) is 17.5 Å². The number of nitrogens with zero attached hydrogens (tertiary/aromatic N) is 1. The Morgan fingerprint density at radius 2 is 1.64 bits per heavy atom. The molecule has 0 aliphatic rings. The Balaban J connectivity index is 2.10. The van der Waals surface area contributed by atoms with Crippen LogP contribution in [0.25, 0.3) is 0 Å². The van der Waals surface area contributed by atoms with Crippen molar-refractivity contribution in [3.05, 3.63) is 74.8 Å². The van der Waals surface area contributed by atoms with Gasteiger partial charge in [-0.05, 0) is 24.3 Å². The molecule has 0 aromatic heterocycles. The second-order valence-electron chi connectivity index (χ2n) is 4.19. The van der Waals surface area contributed by atoms with E-state index in [1.165, 1.54) is 12.1 Å². The fraction of sp³-hybridized carbons (Fsp3) is 0. The van der Waals surface area contributed by atoms with Gasteiger partial charge in [0.2, 0.25) is 0 Å². The molecule has 2 amide bonds. The van der Waals surface area contributed by atoms with Gasteiger partial charge in [-0.25, -0.2) is 0 Å². The lowest BCUT2D eigenvalue weighted by molar-refractivity contribution is -0.385. The number of carbonyl (C=O) groups excluding carboxylic acids is 2. The monoisotopic (exact) mass is 319 g/mol. The van der Waals surface area contributed by atoms with Gasteiger partial charge in [0, 0.05) is 16.7 Å². The SMILES string of the molecule is O=C(NNC(=O)c1ccc(Cl)cc1[N+](=O)[O-])c1ccccc1. The normalized spacial score (nSPS) is 9.86. The molecule has 0 saturated carbocycles. The Labute approximate surface area is 130 Å². The highest BCUT2D eigenvalue weighted by Crippen LogP contribution is 2.22. The van der Waals surface area contributed by atoms with Crippen molar-refractivity contribution in [2.45, 2.75) is 0 Å². The van der Waals surface area contributed by atoms with E-state index in [0.29, 0.717) is 5.56 Å². The van der Waals surface area contributed by atoms with E-state index in [9.17, 15) is 19.7 Å². The number of nitro benzene ring substituents is 1. The van der Waals surface area contributed by atoms with Crippen LogP contribution in [0.5, 0.6) is 0 Å². The molecule has 0 aliphatic carbocycles. The maximum Gasteiger partial charge on any atom is 0.283 e. The number of carbonyl (C=O) groups is 2. The second-order valence-corrected chi connectivity index (χ2v) is 4.63. The predicted octanol–water partition coefficient (Wildman–Crippen LogP) is 2.32. The third-order valence-corrected chi connectivity index (χ3v) is 2.96. The average Bonchev–Trinajstić information content (AvgIpc) is 2.53. The number of nitro groups is 1. The minimum atomic E-state index is -0.812. The van der Waals surface area contributed by atoms with Crippen molar-refractivity contribution in [1.29, 1.82) is 0 Å². The second kappa shape index (κ2) is 6.68. The summed E-state index contributed by atoms with van der Waals surface area (Å²) < 4.78 is 0. The molecule has 112 valence electrons. The van der Waals surface area contributed by atoms with Crippen molar-refractivity contribution in [3.63, 3.8) is 0 Å². The van der Waals surface area contributed by atoms with E-state index in [2.05, 4.69) is 10.9 Å². The Kier molecular flexibility index (Phi) is 4.70. The van der Waals surface area contributed by atoms with E-state index in [-0.39, 0.29) is 10.6 Å². The molecule has 8 heteroatoms. The first-order chi connectivity index (χ1) is 10.5. The number of hydrogen-bond acceptors (Lipinski definition) is 4. The van der Waals surface area contributed by atoms with E-state index in [1.807, 2.05) is 0 Å². The molecule has 7 nitrogen and oxygen atoms in total. The maximum atomic E-state index is 11.9. The zero-order chi connectivity index (χ0) is 16.1. The highest BCUT2D eigenvalue weighted by atomic mass is 35.5. The van der Waals surface area contributed by atoms with Crippen LogP contribution >= 0.6 is 11.6 Å². The molecule has 0 radical (unpaired) electrons. The van der Waals surface area contributed by atoms with Crippen LogP contribution in [0.4, 0.5) is 5.69 Å². The van der Waals surface area contributed by atoms with Gasteiger partial charge in [-0.3, -0.25) is 30.6 Å². The molecule has 0 unspecified atom stereocenters. The molecule has 0 fully saturated rings. The molecule has 0 heterocycles. The van der Waals surface area contributed by atoms with Gasteiger partial charge in [0.1, 0.15) is 5.56 Å². The first kappa shape index (κ1) is 15.5. The molecule has 2 aromatic rings.